The Morgan fingerprint density at radius 3 is 2.88 bits per heavy atom. The van der Waals surface area contributed by atoms with Gasteiger partial charge in [-0.3, -0.25) is 4.79 Å². The van der Waals surface area contributed by atoms with E-state index in [-0.39, 0.29) is 5.78 Å². The smallest absolute Gasteiger partial charge is 0.203 e. The number of carbonyl (C=O) groups is 1. The standard InChI is InChI=1S/C12H17NO3S/c1-3-4-5-9(14)11-13-8-10(17-11)12(2)15-6-7-16-12/h8H,3-7H2,1-2H3. The molecule has 0 bridgehead atoms. The zero-order valence-electron chi connectivity index (χ0n) is 10.2. The third-order valence-electron chi connectivity index (χ3n) is 2.79. The van der Waals surface area contributed by atoms with Gasteiger partial charge in [-0.15, -0.1) is 11.3 Å². The van der Waals surface area contributed by atoms with E-state index < -0.39 is 5.79 Å². The second kappa shape index (κ2) is 5.25. The van der Waals surface area contributed by atoms with Crippen molar-refractivity contribution in [2.45, 2.75) is 38.9 Å². The lowest BCUT2D eigenvalue weighted by Gasteiger charge is -2.19. The molecule has 0 N–H and O–H groups in total. The van der Waals surface area contributed by atoms with E-state index in [1.807, 2.05) is 6.92 Å². The molecule has 1 aromatic heterocycles. The molecule has 0 aliphatic carbocycles. The van der Waals surface area contributed by atoms with Crippen LogP contribution < -0.4 is 0 Å². The molecule has 1 aliphatic heterocycles. The number of unbranched alkanes of at least 4 members (excludes halogenated alkanes) is 1. The van der Waals surface area contributed by atoms with Gasteiger partial charge in [0.2, 0.25) is 5.79 Å². The lowest BCUT2D eigenvalue weighted by atomic mass is 10.2. The van der Waals surface area contributed by atoms with Crippen LogP contribution in [0.1, 0.15) is 47.8 Å². The highest BCUT2D eigenvalue weighted by Gasteiger charge is 2.35. The van der Waals surface area contributed by atoms with E-state index in [4.69, 9.17) is 9.47 Å². The number of ketones is 1. The molecule has 0 unspecified atom stereocenters. The van der Waals surface area contributed by atoms with Gasteiger partial charge < -0.3 is 9.47 Å². The summed E-state index contributed by atoms with van der Waals surface area (Å²) < 4.78 is 11.1. The maximum atomic E-state index is 11.8. The van der Waals surface area contributed by atoms with Crippen molar-refractivity contribution in [1.82, 2.24) is 4.98 Å². The minimum absolute atomic E-state index is 0.115. The van der Waals surface area contributed by atoms with Gasteiger partial charge in [-0.1, -0.05) is 13.3 Å². The summed E-state index contributed by atoms with van der Waals surface area (Å²) in [5, 5.41) is 0.564. The summed E-state index contributed by atoms with van der Waals surface area (Å²) in [6, 6.07) is 0. The molecule has 0 radical (unpaired) electrons. The second-order valence-electron chi connectivity index (χ2n) is 4.20. The Labute approximate surface area is 105 Å². The third-order valence-corrected chi connectivity index (χ3v) is 4.01. The van der Waals surface area contributed by atoms with E-state index >= 15 is 0 Å². The summed E-state index contributed by atoms with van der Waals surface area (Å²) in [7, 11) is 0. The van der Waals surface area contributed by atoms with Gasteiger partial charge in [0.1, 0.15) is 0 Å². The molecule has 17 heavy (non-hydrogen) atoms. The molecule has 0 saturated carbocycles. The molecule has 1 aromatic rings. The van der Waals surface area contributed by atoms with Crippen molar-refractivity contribution in [2.75, 3.05) is 13.2 Å². The lowest BCUT2D eigenvalue weighted by Crippen LogP contribution is -2.20. The molecule has 1 aliphatic rings. The van der Waals surface area contributed by atoms with Crippen LogP contribution in [0.15, 0.2) is 6.20 Å². The Kier molecular flexibility index (Phi) is 3.91. The topological polar surface area (TPSA) is 48.4 Å². The summed E-state index contributed by atoms with van der Waals surface area (Å²) >= 11 is 1.38. The number of aromatic nitrogens is 1. The Morgan fingerprint density at radius 1 is 1.53 bits per heavy atom. The highest BCUT2D eigenvalue weighted by molar-refractivity contribution is 7.13. The summed E-state index contributed by atoms with van der Waals surface area (Å²) in [6.45, 7) is 5.12. The van der Waals surface area contributed by atoms with Gasteiger partial charge in [0, 0.05) is 12.6 Å². The summed E-state index contributed by atoms with van der Waals surface area (Å²) in [5.74, 6) is -0.592. The largest absolute Gasteiger partial charge is 0.343 e. The molecule has 0 spiro atoms. The number of hydrogen-bond acceptors (Lipinski definition) is 5. The van der Waals surface area contributed by atoms with E-state index in [1.54, 1.807) is 6.20 Å². The highest BCUT2D eigenvalue weighted by Crippen LogP contribution is 2.34. The fraction of sp³-hybridized carbons (Fsp3) is 0.667. The van der Waals surface area contributed by atoms with Crippen molar-refractivity contribution in [1.29, 1.82) is 0 Å². The summed E-state index contributed by atoms with van der Waals surface area (Å²) in [6.07, 6.45) is 4.20. The molecule has 2 heterocycles. The van der Waals surface area contributed by atoms with Crippen LogP contribution in [0, 0.1) is 0 Å². The van der Waals surface area contributed by atoms with Crippen LogP contribution in [0.5, 0.6) is 0 Å². The first-order chi connectivity index (χ1) is 8.15. The zero-order chi connectivity index (χ0) is 12.3. The van der Waals surface area contributed by atoms with Crippen molar-refractivity contribution in [3.05, 3.63) is 16.1 Å². The van der Waals surface area contributed by atoms with Crippen molar-refractivity contribution >= 4 is 17.1 Å². The van der Waals surface area contributed by atoms with Crippen LogP contribution in [0.2, 0.25) is 0 Å². The number of hydrogen-bond donors (Lipinski definition) is 0. The van der Waals surface area contributed by atoms with Gasteiger partial charge in [-0.25, -0.2) is 4.98 Å². The van der Waals surface area contributed by atoms with Crippen molar-refractivity contribution < 1.29 is 14.3 Å². The van der Waals surface area contributed by atoms with E-state index in [9.17, 15) is 4.79 Å². The van der Waals surface area contributed by atoms with Gasteiger partial charge in [0.15, 0.2) is 10.8 Å². The van der Waals surface area contributed by atoms with Crippen molar-refractivity contribution in [3.63, 3.8) is 0 Å². The molecule has 0 amide bonds. The molecular formula is C12H17NO3S. The number of carbonyl (C=O) groups excluding carboxylic acids is 1. The van der Waals surface area contributed by atoms with Crippen LogP contribution in [0.4, 0.5) is 0 Å². The summed E-state index contributed by atoms with van der Waals surface area (Å²) in [4.78, 5) is 16.8. The molecule has 1 fully saturated rings. The summed E-state index contributed by atoms with van der Waals surface area (Å²) in [5.41, 5.74) is 0. The van der Waals surface area contributed by atoms with E-state index in [2.05, 4.69) is 11.9 Å². The monoisotopic (exact) mass is 255 g/mol. The maximum absolute atomic E-state index is 11.8. The fourth-order valence-electron chi connectivity index (χ4n) is 1.71. The Bertz CT molecular complexity index is 396. The SMILES string of the molecule is CCCCC(=O)c1ncc(C2(C)OCCO2)s1. The van der Waals surface area contributed by atoms with Crippen molar-refractivity contribution in [2.24, 2.45) is 0 Å². The predicted molar refractivity (Wildman–Crippen MR) is 65.2 cm³/mol. The highest BCUT2D eigenvalue weighted by atomic mass is 32.1. The molecule has 1 saturated heterocycles. The number of Topliss-reactive ketones (excluding diaryl/α,β-unsaturated/α-hetero) is 1. The molecule has 0 atom stereocenters. The van der Waals surface area contributed by atoms with Crippen LogP contribution in [0.25, 0.3) is 0 Å². The third kappa shape index (κ3) is 2.73. The quantitative estimate of drug-likeness (QED) is 0.759. The fourth-order valence-corrected chi connectivity index (χ4v) is 2.65. The van der Waals surface area contributed by atoms with Gasteiger partial charge >= 0.3 is 0 Å². The van der Waals surface area contributed by atoms with Gasteiger partial charge in [-0.2, -0.15) is 0 Å². The predicted octanol–water partition coefficient (Wildman–Crippen LogP) is 2.74. The number of nitrogens with zero attached hydrogens (tertiary/aromatic N) is 1. The Balaban J connectivity index is 2.07. The van der Waals surface area contributed by atoms with Gasteiger partial charge in [-0.05, 0) is 13.3 Å². The van der Waals surface area contributed by atoms with Crippen molar-refractivity contribution in [3.8, 4) is 0 Å². The molecule has 0 aromatic carbocycles. The van der Waals surface area contributed by atoms with Crippen LogP contribution in [-0.4, -0.2) is 24.0 Å². The second-order valence-corrected chi connectivity index (χ2v) is 5.23. The first-order valence-electron chi connectivity index (χ1n) is 5.93. The van der Waals surface area contributed by atoms with E-state index in [1.165, 1.54) is 11.3 Å². The molecule has 4 nitrogen and oxygen atoms in total. The van der Waals surface area contributed by atoms with Crippen LogP contribution >= 0.6 is 11.3 Å². The minimum Gasteiger partial charge on any atom is -0.343 e. The van der Waals surface area contributed by atoms with Gasteiger partial charge in [0.05, 0.1) is 18.1 Å². The molecule has 2 rings (SSSR count). The Morgan fingerprint density at radius 2 is 2.24 bits per heavy atom. The van der Waals surface area contributed by atoms with Gasteiger partial charge in [0.25, 0.3) is 0 Å². The Hall–Kier alpha value is -0.780. The molecule has 94 valence electrons. The maximum Gasteiger partial charge on any atom is 0.203 e. The normalized spacial score (nSPS) is 18.5. The first kappa shape index (κ1) is 12.7. The molecular weight excluding hydrogens is 238 g/mol. The van der Waals surface area contributed by atoms with E-state index in [0.29, 0.717) is 24.6 Å². The average molecular weight is 255 g/mol. The lowest BCUT2D eigenvalue weighted by molar-refractivity contribution is -0.147. The minimum atomic E-state index is -0.707. The number of thiazole rings is 1. The first-order valence-corrected chi connectivity index (χ1v) is 6.75. The van der Waals surface area contributed by atoms with Crippen LogP contribution in [0.3, 0.4) is 0 Å². The van der Waals surface area contributed by atoms with E-state index in [0.717, 1.165) is 17.7 Å². The molecule has 5 heteroatoms. The average Bonchev–Trinajstić information content (AvgIpc) is 2.95. The van der Waals surface area contributed by atoms with Crippen LogP contribution in [-0.2, 0) is 15.3 Å². The number of ether oxygens (including phenoxy) is 2. The number of rotatable bonds is 5. The zero-order valence-corrected chi connectivity index (χ0v) is 11.0.